The van der Waals surface area contributed by atoms with E-state index in [2.05, 4.69) is 15.3 Å². The highest BCUT2D eigenvalue weighted by Crippen LogP contribution is 2.21. The van der Waals surface area contributed by atoms with Gasteiger partial charge in [0.15, 0.2) is 0 Å². The number of aromatic nitrogens is 2. The first-order valence-corrected chi connectivity index (χ1v) is 6.40. The minimum atomic E-state index is -0.563. The fraction of sp³-hybridized carbons (Fsp3) is 0. The molecule has 0 spiro atoms. The number of benzene rings is 2. The molecule has 3 aromatic rings. The number of hydrogen-bond acceptors (Lipinski definition) is 2. The summed E-state index contributed by atoms with van der Waals surface area (Å²) in [5, 5.41) is 2.52. The van der Waals surface area contributed by atoms with Crippen LogP contribution in [0.2, 0.25) is 5.02 Å². The molecule has 0 aliphatic rings. The molecule has 0 fully saturated rings. The second kappa shape index (κ2) is 5.06. The van der Waals surface area contributed by atoms with Crippen molar-refractivity contribution in [3.05, 3.63) is 63.3 Å². The van der Waals surface area contributed by atoms with E-state index in [1.807, 2.05) is 0 Å². The Morgan fingerprint density at radius 1 is 1.19 bits per heavy atom. The molecule has 0 aliphatic heterocycles. The van der Waals surface area contributed by atoms with Crippen LogP contribution in [0.5, 0.6) is 0 Å². The summed E-state index contributed by atoms with van der Waals surface area (Å²) in [5.41, 5.74) is 1.21. The first-order chi connectivity index (χ1) is 10.0. The first kappa shape index (κ1) is 13.4. The third-order valence-electron chi connectivity index (χ3n) is 2.97. The molecule has 5 nitrogen and oxygen atoms in total. The van der Waals surface area contributed by atoms with Crippen molar-refractivity contribution in [2.75, 3.05) is 5.32 Å². The van der Waals surface area contributed by atoms with E-state index in [9.17, 15) is 14.0 Å². The molecular weight excluding hydrogens is 297 g/mol. The van der Waals surface area contributed by atoms with Crippen molar-refractivity contribution in [3.63, 3.8) is 0 Å². The molecule has 0 radical (unpaired) electrons. The van der Waals surface area contributed by atoms with E-state index in [0.717, 1.165) is 6.07 Å². The summed E-state index contributed by atoms with van der Waals surface area (Å²) >= 11 is 5.66. The lowest BCUT2D eigenvalue weighted by atomic mass is 10.1. The molecule has 0 saturated heterocycles. The van der Waals surface area contributed by atoms with E-state index in [-0.39, 0.29) is 5.02 Å². The molecule has 3 rings (SSSR count). The second-order valence-electron chi connectivity index (χ2n) is 4.39. The number of amides is 1. The molecule has 2 aromatic carbocycles. The maximum absolute atomic E-state index is 13.1. The Hall–Kier alpha value is -2.60. The molecule has 0 atom stereocenters. The fourth-order valence-electron chi connectivity index (χ4n) is 2.02. The van der Waals surface area contributed by atoms with Gasteiger partial charge < -0.3 is 15.3 Å². The van der Waals surface area contributed by atoms with Crippen molar-refractivity contribution < 1.29 is 9.18 Å². The summed E-state index contributed by atoms with van der Waals surface area (Å²) in [4.78, 5) is 28.7. The number of anilines is 1. The number of nitrogens with one attached hydrogen (secondary N) is 3. The van der Waals surface area contributed by atoms with Gasteiger partial charge in [-0.3, -0.25) is 4.79 Å². The molecule has 0 bridgehead atoms. The van der Waals surface area contributed by atoms with Crippen LogP contribution in [0.3, 0.4) is 0 Å². The molecule has 1 aromatic heterocycles. The number of carbonyl (C=O) groups excluding carboxylic acids is 1. The van der Waals surface area contributed by atoms with Crippen LogP contribution in [0.25, 0.3) is 11.0 Å². The number of hydrogen-bond donors (Lipinski definition) is 3. The largest absolute Gasteiger partial charge is 0.323 e. The lowest BCUT2D eigenvalue weighted by molar-refractivity contribution is 0.102. The molecular formula is C14H9ClFN3O2. The van der Waals surface area contributed by atoms with E-state index >= 15 is 0 Å². The number of H-pyrrole nitrogens is 2. The normalized spacial score (nSPS) is 10.8. The van der Waals surface area contributed by atoms with Gasteiger partial charge in [0.05, 0.1) is 21.6 Å². The van der Waals surface area contributed by atoms with E-state index in [1.54, 1.807) is 18.2 Å². The summed E-state index contributed by atoms with van der Waals surface area (Å²) in [7, 11) is 0. The monoisotopic (exact) mass is 305 g/mol. The molecule has 0 saturated carbocycles. The van der Waals surface area contributed by atoms with Gasteiger partial charge in [-0.1, -0.05) is 17.7 Å². The smallest absolute Gasteiger partial charge is 0.322 e. The number of carbonyl (C=O) groups is 1. The first-order valence-electron chi connectivity index (χ1n) is 6.02. The van der Waals surface area contributed by atoms with Gasteiger partial charge in [-0.25, -0.2) is 9.18 Å². The fourth-order valence-corrected chi connectivity index (χ4v) is 2.20. The Balaban J connectivity index is 1.97. The van der Waals surface area contributed by atoms with Crippen LogP contribution in [0.4, 0.5) is 10.1 Å². The van der Waals surface area contributed by atoms with E-state index in [4.69, 9.17) is 11.6 Å². The summed E-state index contributed by atoms with van der Waals surface area (Å²) < 4.78 is 13.1. The van der Waals surface area contributed by atoms with Crippen LogP contribution in [0.1, 0.15) is 10.4 Å². The molecule has 7 heteroatoms. The zero-order valence-electron chi connectivity index (χ0n) is 10.5. The molecule has 3 N–H and O–H groups in total. The van der Waals surface area contributed by atoms with Gasteiger partial charge in [-0.15, -0.1) is 0 Å². The van der Waals surface area contributed by atoms with Gasteiger partial charge in [-0.2, -0.15) is 0 Å². The topological polar surface area (TPSA) is 77.8 Å². The highest BCUT2D eigenvalue weighted by atomic mass is 35.5. The van der Waals surface area contributed by atoms with Crippen LogP contribution >= 0.6 is 11.6 Å². The lowest BCUT2D eigenvalue weighted by Crippen LogP contribution is -2.12. The number of halogens is 2. The molecule has 21 heavy (non-hydrogen) atoms. The molecule has 106 valence electrons. The molecule has 1 amide bonds. The van der Waals surface area contributed by atoms with Crippen molar-refractivity contribution >= 4 is 34.2 Å². The number of imidazole rings is 1. The van der Waals surface area contributed by atoms with Crippen molar-refractivity contribution in [2.24, 2.45) is 0 Å². The van der Waals surface area contributed by atoms with Gasteiger partial charge in [0.1, 0.15) is 5.82 Å². The highest BCUT2D eigenvalue weighted by Gasteiger charge is 2.13. The maximum atomic E-state index is 13.1. The average molecular weight is 306 g/mol. The third kappa shape index (κ3) is 2.53. The zero-order chi connectivity index (χ0) is 15.0. The van der Waals surface area contributed by atoms with Gasteiger partial charge >= 0.3 is 5.69 Å². The number of para-hydroxylation sites is 1. The van der Waals surface area contributed by atoms with Crippen molar-refractivity contribution in [1.82, 2.24) is 9.97 Å². The van der Waals surface area contributed by atoms with Gasteiger partial charge in [0.2, 0.25) is 0 Å². The van der Waals surface area contributed by atoms with Gasteiger partial charge in [-0.05, 0) is 30.3 Å². The SMILES string of the molecule is O=C(Nc1ccc(F)c(Cl)c1)c1cccc2[nH]c(=O)[nH]c12. The van der Waals surface area contributed by atoms with Gasteiger partial charge in [0, 0.05) is 5.69 Å². The zero-order valence-corrected chi connectivity index (χ0v) is 11.3. The average Bonchev–Trinajstić information content (AvgIpc) is 2.82. The Morgan fingerprint density at radius 2 is 2.00 bits per heavy atom. The van der Waals surface area contributed by atoms with E-state index in [0.29, 0.717) is 22.3 Å². The summed E-state index contributed by atoms with van der Waals surface area (Å²) in [6.07, 6.45) is 0. The van der Waals surface area contributed by atoms with E-state index < -0.39 is 17.4 Å². The molecule has 0 aliphatic carbocycles. The predicted octanol–water partition coefficient (Wildman–Crippen LogP) is 2.90. The lowest BCUT2D eigenvalue weighted by Gasteiger charge is -2.06. The summed E-state index contributed by atoms with van der Waals surface area (Å²) in [6, 6.07) is 8.79. The van der Waals surface area contributed by atoms with Crippen molar-refractivity contribution in [3.8, 4) is 0 Å². The predicted molar refractivity (Wildman–Crippen MR) is 78.3 cm³/mol. The van der Waals surface area contributed by atoms with Crippen molar-refractivity contribution in [1.29, 1.82) is 0 Å². The van der Waals surface area contributed by atoms with Crippen LogP contribution in [-0.4, -0.2) is 15.9 Å². The van der Waals surface area contributed by atoms with Crippen LogP contribution in [0.15, 0.2) is 41.2 Å². The Kier molecular flexibility index (Phi) is 3.23. The van der Waals surface area contributed by atoms with Crippen LogP contribution in [0, 0.1) is 5.82 Å². The van der Waals surface area contributed by atoms with Crippen LogP contribution in [-0.2, 0) is 0 Å². The Bertz CT molecular complexity index is 901. The maximum Gasteiger partial charge on any atom is 0.323 e. The molecule has 1 heterocycles. The Labute approximate surface area is 122 Å². The number of fused-ring (bicyclic) bond motifs is 1. The standard InChI is InChI=1S/C14H9ClFN3O2/c15-9-6-7(4-5-10(9)16)17-13(20)8-2-1-3-11-12(8)19-14(21)18-11/h1-6H,(H,17,20)(H2,18,19,21). The molecule has 0 unspecified atom stereocenters. The highest BCUT2D eigenvalue weighted by molar-refractivity contribution is 6.31. The van der Waals surface area contributed by atoms with Crippen LogP contribution < -0.4 is 11.0 Å². The Morgan fingerprint density at radius 3 is 2.76 bits per heavy atom. The summed E-state index contributed by atoms with van der Waals surface area (Å²) in [5.74, 6) is -0.995. The second-order valence-corrected chi connectivity index (χ2v) is 4.80. The number of rotatable bonds is 2. The van der Waals surface area contributed by atoms with Crippen molar-refractivity contribution in [2.45, 2.75) is 0 Å². The minimum Gasteiger partial charge on any atom is -0.322 e. The number of aromatic amines is 2. The quantitative estimate of drug-likeness (QED) is 0.681. The van der Waals surface area contributed by atoms with Gasteiger partial charge in [0.25, 0.3) is 5.91 Å². The third-order valence-corrected chi connectivity index (χ3v) is 3.26. The minimum absolute atomic E-state index is 0.0824. The summed E-state index contributed by atoms with van der Waals surface area (Å²) in [6.45, 7) is 0. The van der Waals surface area contributed by atoms with E-state index in [1.165, 1.54) is 12.1 Å².